The van der Waals surface area contributed by atoms with Crippen molar-refractivity contribution < 1.29 is 19.4 Å². The molecule has 0 atom stereocenters. The standard InChI is InChI=1S/C23H26N2O4/c1-23(2)14-29-20-18(7-4-8-19(20)23)21(27)24-16-6-3-5-15(13-16)22(28)25-11-9-17(26)10-12-25/h3-8,13,17,26H,9-12,14H2,1-2H3,(H,24,27). The van der Waals surface area contributed by atoms with Gasteiger partial charge in [-0.3, -0.25) is 9.59 Å². The molecule has 2 aliphatic heterocycles. The number of nitrogens with one attached hydrogen (secondary N) is 1. The lowest BCUT2D eigenvalue weighted by Gasteiger charge is -2.29. The highest BCUT2D eigenvalue weighted by molar-refractivity contribution is 6.07. The Morgan fingerprint density at radius 1 is 1.14 bits per heavy atom. The van der Waals surface area contributed by atoms with Crippen LogP contribution < -0.4 is 10.1 Å². The Morgan fingerprint density at radius 2 is 1.86 bits per heavy atom. The van der Waals surface area contributed by atoms with Crippen molar-refractivity contribution in [2.24, 2.45) is 0 Å². The van der Waals surface area contributed by atoms with Crippen molar-refractivity contribution in [3.05, 3.63) is 59.2 Å². The summed E-state index contributed by atoms with van der Waals surface area (Å²) in [5.74, 6) is 0.290. The van der Waals surface area contributed by atoms with E-state index in [4.69, 9.17) is 4.74 Å². The summed E-state index contributed by atoms with van der Waals surface area (Å²) in [4.78, 5) is 27.4. The number of piperidine rings is 1. The molecule has 0 spiro atoms. The molecule has 29 heavy (non-hydrogen) atoms. The molecular weight excluding hydrogens is 368 g/mol. The Morgan fingerprint density at radius 3 is 2.62 bits per heavy atom. The summed E-state index contributed by atoms with van der Waals surface area (Å²) in [5.41, 5.74) is 2.48. The molecule has 152 valence electrons. The number of likely N-dealkylation sites (tertiary alicyclic amines) is 1. The van der Waals surface area contributed by atoms with Crippen molar-refractivity contribution in [2.75, 3.05) is 25.0 Å². The molecular formula is C23H26N2O4. The maximum absolute atomic E-state index is 12.9. The number of hydrogen-bond acceptors (Lipinski definition) is 4. The van der Waals surface area contributed by atoms with E-state index in [1.54, 1.807) is 35.2 Å². The molecule has 2 aromatic rings. The molecule has 6 nitrogen and oxygen atoms in total. The lowest BCUT2D eigenvalue weighted by molar-refractivity contribution is 0.0546. The van der Waals surface area contributed by atoms with Crippen LogP contribution in [0.15, 0.2) is 42.5 Å². The van der Waals surface area contributed by atoms with Crippen LogP contribution in [0.1, 0.15) is 53.0 Å². The molecule has 4 rings (SSSR count). The van der Waals surface area contributed by atoms with Gasteiger partial charge in [0.1, 0.15) is 5.75 Å². The van der Waals surface area contributed by atoms with Gasteiger partial charge in [-0.25, -0.2) is 0 Å². The van der Waals surface area contributed by atoms with Crippen LogP contribution in [-0.4, -0.2) is 47.6 Å². The monoisotopic (exact) mass is 394 g/mol. The SMILES string of the molecule is CC1(C)COc2c(C(=O)Nc3cccc(C(=O)N4CCC(O)CC4)c3)cccc21. The fraction of sp³-hybridized carbons (Fsp3) is 0.391. The summed E-state index contributed by atoms with van der Waals surface area (Å²) in [7, 11) is 0. The maximum Gasteiger partial charge on any atom is 0.259 e. The molecule has 2 amide bonds. The van der Waals surface area contributed by atoms with Crippen LogP contribution in [0.2, 0.25) is 0 Å². The third-order valence-electron chi connectivity index (χ3n) is 5.69. The lowest BCUT2D eigenvalue weighted by atomic mass is 9.86. The zero-order valence-corrected chi connectivity index (χ0v) is 16.8. The fourth-order valence-electron chi connectivity index (χ4n) is 3.91. The van der Waals surface area contributed by atoms with Gasteiger partial charge >= 0.3 is 0 Å². The molecule has 0 aliphatic carbocycles. The quantitative estimate of drug-likeness (QED) is 0.838. The lowest BCUT2D eigenvalue weighted by Crippen LogP contribution is -2.40. The number of nitrogens with zero attached hydrogens (tertiary/aromatic N) is 1. The zero-order chi connectivity index (χ0) is 20.6. The predicted octanol–water partition coefficient (Wildman–Crippen LogP) is 3.21. The summed E-state index contributed by atoms with van der Waals surface area (Å²) < 4.78 is 5.81. The van der Waals surface area contributed by atoms with Crippen molar-refractivity contribution in [1.29, 1.82) is 0 Å². The molecule has 1 saturated heterocycles. The molecule has 0 saturated carbocycles. The molecule has 0 radical (unpaired) electrons. The van der Waals surface area contributed by atoms with Gasteiger partial charge in [-0.2, -0.15) is 0 Å². The molecule has 2 N–H and O–H groups in total. The number of carbonyl (C=O) groups excluding carboxylic acids is 2. The van der Waals surface area contributed by atoms with Gasteiger partial charge in [-0.1, -0.05) is 32.0 Å². The largest absolute Gasteiger partial charge is 0.492 e. The normalized spacial score (nSPS) is 18.1. The first kappa shape index (κ1) is 19.5. The summed E-state index contributed by atoms with van der Waals surface area (Å²) in [6.07, 6.45) is 0.861. The van der Waals surface area contributed by atoms with Gasteiger partial charge in [0, 0.05) is 35.3 Å². The molecule has 0 aromatic heterocycles. The zero-order valence-electron chi connectivity index (χ0n) is 16.8. The van der Waals surface area contributed by atoms with Crippen molar-refractivity contribution in [3.8, 4) is 5.75 Å². The minimum Gasteiger partial charge on any atom is -0.492 e. The first-order chi connectivity index (χ1) is 13.8. The van der Waals surface area contributed by atoms with E-state index in [2.05, 4.69) is 19.2 Å². The van der Waals surface area contributed by atoms with Crippen LogP contribution in [0.5, 0.6) is 5.75 Å². The van der Waals surface area contributed by atoms with Gasteiger partial charge in [-0.05, 0) is 37.1 Å². The van der Waals surface area contributed by atoms with Crippen molar-refractivity contribution >= 4 is 17.5 Å². The number of carbonyl (C=O) groups is 2. The number of anilines is 1. The molecule has 1 fully saturated rings. The molecule has 2 aliphatic rings. The van der Waals surface area contributed by atoms with Crippen LogP contribution in [0.3, 0.4) is 0 Å². The second-order valence-electron chi connectivity index (χ2n) is 8.41. The average molecular weight is 394 g/mol. The summed E-state index contributed by atoms with van der Waals surface area (Å²) >= 11 is 0. The van der Waals surface area contributed by atoms with Crippen LogP contribution in [-0.2, 0) is 5.41 Å². The molecule has 0 bridgehead atoms. The number of amides is 2. The predicted molar refractivity (Wildman–Crippen MR) is 111 cm³/mol. The second kappa shape index (κ2) is 7.52. The van der Waals surface area contributed by atoms with E-state index < -0.39 is 0 Å². The molecule has 0 unspecified atom stereocenters. The molecule has 2 aromatic carbocycles. The van der Waals surface area contributed by atoms with E-state index in [1.165, 1.54) is 0 Å². The van der Waals surface area contributed by atoms with Crippen molar-refractivity contribution in [3.63, 3.8) is 0 Å². The highest BCUT2D eigenvalue weighted by atomic mass is 16.5. The van der Waals surface area contributed by atoms with Crippen LogP contribution in [0.25, 0.3) is 0 Å². The number of para-hydroxylation sites is 1. The summed E-state index contributed by atoms with van der Waals surface area (Å²) in [6, 6.07) is 12.6. The number of aliphatic hydroxyl groups excluding tert-OH is 1. The van der Waals surface area contributed by atoms with Crippen molar-refractivity contribution in [2.45, 2.75) is 38.2 Å². The van der Waals surface area contributed by atoms with E-state index >= 15 is 0 Å². The summed E-state index contributed by atoms with van der Waals surface area (Å²) in [5, 5.41) is 12.5. The number of aliphatic hydroxyl groups is 1. The van der Waals surface area contributed by atoms with E-state index in [9.17, 15) is 14.7 Å². The van der Waals surface area contributed by atoms with Gasteiger partial charge in [-0.15, -0.1) is 0 Å². The van der Waals surface area contributed by atoms with E-state index in [0.29, 0.717) is 55.1 Å². The van der Waals surface area contributed by atoms with Crippen molar-refractivity contribution in [1.82, 2.24) is 4.90 Å². The van der Waals surface area contributed by atoms with Crippen LogP contribution in [0, 0.1) is 0 Å². The summed E-state index contributed by atoms with van der Waals surface area (Å²) in [6.45, 7) is 5.81. The molecule has 6 heteroatoms. The smallest absolute Gasteiger partial charge is 0.259 e. The minimum absolute atomic E-state index is 0.0846. The topological polar surface area (TPSA) is 78.9 Å². The number of hydrogen-bond donors (Lipinski definition) is 2. The molecule has 2 heterocycles. The van der Waals surface area contributed by atoms with E-state index in [0.717, 1.165) is 5.56 Å². The van der Waals surface area contributed by atoms with Gasteiger partial charge < -0.3 is 20.1 Å². The number of benzene rings is 2. The fourth-order valence-corrected chi connectivity index (χ4v) is 3.91. The first-order valence-corrected chi connectivity index (χ1v) is 10.0. The maximum atomic E-state index is 12.9. The Labute approximate surface area is 170 Å². The van der Waals surface area contributed by atoms with Gasteiger partial charge in [0.25, 0.3) is 11.8 Å². The second-order valence-corrected chi connectivity index (χ2v) is 8.41. The van der Waals surface area contributed by atoms with Crippen LogP contribution >= 0.6 is 0 Å². The minimum atomic E-state index is -0.329. The van der Waals surface area contributed by atoms with Gasteiger partial charge in [0.05, 0.1) is 18.3 Å². The van der Waals surface area contributed by atoms with E-state index in [-0.39, 0.29) is 23.3 Å². The number of ether oxygens (including phenoxy) is 1. The van der Waals surface area contributed by atoms with Gasteiger partial charge in [0.2, 0.25) is 0 Å². The van der Waals surface area contributed by atoms with Crippen LogP contribution in [0.4, 0.5) is 5.69 Å². The Balaban J connectivity index is 1.51. The third-order valence-corrected chi connectivity index (χ3v) is 5.69. The average Bonchev–Trinajstić information content (AvgIpc) is 3.03. The Hall–Kier alpha value is -2.86. The highest BCUT2D eigenvalue weighted by Crippen LogP contribution is 2.40. The third kappa shape index (κ3) is 3.85. The Bertz CT molecular complexity index is 946. The Kier molecular flexibility index (Phi) is 5.04. The highest BCUT2D eigenvalue weighted by Gasteiger charge is 2.34. The van der Waals surface area contributed by atoms with Gasteiger partial charge in [0.15, 0.2) is 0 Å². The first-order valence-electron chi connectivity index (χ1n) is 10.0. The van der Waals surface area contributed by atoms with E-state index in [1.807, 2.05) is 12.1 Å². The number of rotatable bonds is 3. The number of fused-ring (bicyclic) bond motifs is 1.